The van der Waals surface area contributed by atoms with Crippen molar-refractivity contribution in [3.05, 3.63) is 81.0 Å². The predicted octanol–water partition coefficient (Wildman–Crippen LogP) is 3.94. The molecule has 25 heavy (non-hydrogen) atoms. The zero-order chi connectivity index (χ0) is 17.6. The minimum atomic E-state index is -1.15. The largest absolute Gasteiger partial charge is 0.336 e. The first kappa shape index (κ1) is 15.4. The van der Waals surface area contributed by atoms with Gasteiger partial charge in [-0.05, 0) is 25.5 Å². The first-order valence-electron chi connectivity index (χ1n) is 8.29. The summed E-state index contributed by atoms with van der Waals surface area (Å²) in [4.78, 5) is 11.9. The van der Waals surface area contributed by atoms with Crippen molar-refractivity contribution in [3.63, 3.8) is 0 Å². The van der Waals surface area contributed by atoms with Crippen LogP contribution in [0.2, 0.25) is 0 Å². The van der Waals surface area contributed by atoms with Crippen molar-refractivity contribution in [2.75, 3.05) is 0 Å². The monoisotopic (exact) mass is 331 g/mol. The number of hydrogen-bond donors (Lipinski definition) is 0. The lowest BCUT2D eigenvalue weighted by molar-refractivity contribution is -0.585. The topological polar surface area (TPSA) is 71.9 Å². The molecule has 5 nitrogen and oxygen atoms in total. The number of nitrogens with zero attached hydrogens (tertiary/aromatic N) is 3. The van der Waals surface area contributed by atoms with Crippen molar-refractivity contribution < 1.29 is 4.92 Å². The molecule has 0 radical (unpaired) electrons. The number of benzene rings is 2. The van der Waals surface area contributed by atoms with Crippen LogP contribution in [-0.2, 0) is 18.5 Å². The van der Waals surface area contributed by atoms with E-state index in [1.165, 1.54) is 0 Å². The highest BCUT2D eigenvalue weighted by atomic mass is 16.6. The van der Waals surface area contributed by atoms with Gasteiger partial charge in [-0.2, -0.15) is 5.26 Å². The second-order valence-corrected chi connectivity index (χ2v) is 6.69. The maximum Gasteiger partial charge on any atom is 0.265 e. The molecule has 2 aromatic carbocycles. The van der Waals surface area contributed by atoms with Gasteiger partial charge >= 0.3 is 0 Å². The van der Waals surface area contributed by atoms with E-state index in [-0.39, 0.29) is 11.5 Å². The van der Waals surface area contributed by atoms with Gasteiger partial charge in [-0.1, -0.05) is 42.0 Å². The van der Waals surface area contributed by atoms with Gasteiger partial charge in [0.05, 0.1) is 12.1 Å². The van der Waals surface area contributed by atoms with E-state index in [2.05, 4.69) is 6.07 Å². The van der Waals surface area contributed by atoms with E-state index >= 15 is 0 Å². The Morgan fingerprint density at radius 1 is 1.24 bits per heavy atom. The SMILES string of the molecule is Cc1ccc2c(c1)c(C#N)c1n2CC(c2ccccc2)([N+](=O)[O-])CC1. The molecular formula is C20H17N3O2. The van der Waals surface area contributed by atoms with Gasteiger partial charge in [0.25, 0.3) is 5.54 Å². The van der Waals surface area contributed by atoms with Gasteiger partial charge in [0, 0.05) is 33.5 Å². The molecule has 5 heteroatoms. The summed E-state index contributed by atoms with van der Waals surface area (Å²) < 4.78 is 1.98. The molecule has 0 spiro atoms. The van der Waals surface area contributed by atoms with Crippen LogP contribution in [0.5, 0.6) is 0 Å². The predicted molar refractivity (Wildman–Crippen MR) is 94.8 cm³/mol. The third-order valence-corrected chi connectivity index (χ3v) is 5.29. The summed E-state index contributed by atoms with van der Waals surface area (Å²) in [5.41, 5.74) is 3.12. The van der Waals surface area contributed by atoms with Gasteiger partial charge in [-0.25, -0.2) is 0 Å². The third-order valence-electron chi connectivity index (χ3n) is 5.29. The second kappa shape index (κ2) is 5.45. The maximum absolute atomic E-state index is 12.1. The summed E-state index contributed by atoms with van der Waals surface area (Å²) >= 11 is 0. The first-order chi connectivity index (χ1) is 12.1. The molecule has 1 aromatic heterocycles. The van der Waals surface area contributed by atoms with Crippen molar-refractivity contribution in [1.29, 1.82) is 5.26 Å². The van der Waals surface area contributed by atoms with Gasteiger partial charge in [0.2, 0.25) is 0 Å². The van der Waals surface area contributed by atoms with Crippen molar-refractivity contribution in [2.24, 2.45) is 0 Å². The Morgan fingerprint density at radius 2 is 2.00 bits per heavy atom. The number of hydrogen-bond acceptors (Lipinski definition) is 3. The molecule has 1 aliphatic heterocycles. The molecule has 2 heterocycles. The molecular weight excluding hydrogens is 314 g/mol. The first-order valence-corrected chi connectivity index (χ1v) is 8.29. The summed E-state index contributed by atoms with van der Waals surface area (Å²) in [6.07, 6.45) is 0.917. The van der Waals surface area contributed by atoms with Crippen LogP contribution in [0.3, 0.4) is 0 Å². The standard InChI is InChI=1S/C20H17N3O2/c1-14-7-8-18-16(11-14)17(12-21)19-9-10-20(23(24)25,13-22(18)19)15-5-3-2-4-6-15/h2-8,11H,9-10,13H2,1H3. The fraction of sp³-hybridized carbons (Fsp3) is 0.250. The van der Waals surface area contributed by atoms with Gasteiger partial charge < -0.3 is 4.57 Å². The normalized spacial score (nSPS) is 19.4. The number of rotatable bonds is 2. The number of fused-ring (bicyclic) bond motifs is 3. The Balaban J connectivity index is 1.96. The fourth-order valence-electron chi connectivity index (χ4n) is 3.99. The molecule has 0 fully saturated rings. The van der Waals surface area contributed by atoms with Gasteiger partial charge in [-0.3, -0.25) is 10.1 Å². The van der Waals surface area contributed by atoms with E-state index in [4.69, 9.17) is 0 Å². The number of nitriles is 1. The molecule has 0 bridgehead atoms. The lowest BCUT2D eigenvalue weighted by Crippen LogP contribution is -2.43. The lowest BCUT2D eigenvalue weighted by Gasteiger charge is -2.31. The lowest BCUT2D eigenvalue weighted by atomic mass is 9.82. The van der Waals surface area contributed by atoms with E-state index in [1.807, 2.05) is 60.0 Å². The minimum Gasteiger partial charge on any atom is -0.336 e. The van der Waals surface area contributed by atoms with Gasteiger partial charge in [0.15, 0.2) is 0 Å². The molecule has 0 amide bonds. The number of aromatic nitrogens is 1. The highest BCUT2D eigenvalue weighted by Crippen LogP contribution is 2.40. The number of nitro groups is 1. The highest BCUT2D eigenvalue weighted by molar-refractivity contribution is 5.89. The smallest absolute Gasteiger partial charge is 0.265 e. The molecule has 1 aliphatic rings. The molecule has 0 N–H and O–H groups in total. The van der Waals surface area contributed by atoms with E-state index in [1.54, 1.807) is 0 Å². The van der Waals surface area contributed by atoms with Gasteiger partial charge in [0.1, 0.15) is 6.07 Å². The van der Waals surface area contributed by atoms with Crippen LogP contribution in [-0.4, -0.2) is 9.49 Å². The number of aryl methyl sites for hydroxylation is 1. The Labute approximate surface area is 145 Å². The van der Waals surface area contributed by atoms with Gasteiger partial charge in [-0.15, -0.1) is 0 Å². The molecule has 1 atom stereocenters. The van der Waals surface area contributed by atoms with E-state index < -0.39 is 5.54 Å². The van der Waals surface area contributed by atoms with Crippen LogP contribution in [0.25, 0.3) is 10.9 Å². The molecule has 1 unspecified atom stereocenters. The zero-order valence-corrected chi connectivity index (χ0v) is 13.9. The van der Waals surface area contributed by atoms with Crippen LogP contribution >= 0.6 is 0 Å². The Bertz CT molecular complexity index is 1030. The summed E-state index contributed by atoms with van der Waals surface area (Å²) in [5, 5.41) is 22.6. The summed E-state index contributed by atoms with van der Waals surface area (Å²) in [7, 11) is 0. The molecule has 0 aliphatic carbocycles. The zero-order valence-electron chi connectivity index (χ0n) is 13.9. The quantitative estimate of drug-likeness (QED) is 0.527. The molecule has 3 aromatic rings. The summed E-state index contributed by atoms with van der Waals surface area (Å²) in [6.45, 7) is 2.24. The molecule has 124 valence electrons. The Kier molecular flexibility index (Phi) is 3.36. The van der Waals surface area contributed by atoms with E-state index in [9.17, 15) is 15.4 Å². The summed E-state index contributed by atoms with van der Waals surface area (Å²) in [5.74, 6) is 0. The van der Waals surface area contributed by atoms with Crippen LogP contribution in [0.15, 0.2) is 48.5 Å². The average molecular weight is 331 g/mol. The average Bonchev–Trinajstić information content (AvgIpc) is 2.93. The Morgan fingerprint density at radius 3 is 2.68 bits per heavy atom. The maximum atomic E-state index is 12.1. The molecule has 4 rings (SSSR count). The van der Waals surface area contributed by atoms with Crippen LogP contribution in [0, 0.1) is 28.4 Å². The van der Waals surface area contributed by atoms with Crippen LogP contribution in [0.4, 0.5) is 0 Å². The van der Waals surface area contributed by atoms with Crippen molar-refractivity contribution in [2.45, 2.75) is 31.8 Å². The second-order valence-electron chi connectivity index (χ2n) is 6.69. The molecule has 0 saturated heterocycles. The van der Waals surface area contributed by atoms with Crippen LogP contribution < -0.4 is 0 Å². The third kappa shape index (κ3) is 2.14. The van der Waals surface area contributed by atoms with E-state index in [0.717, 1.165) is 27.7 Å². The van der Waals surface area contributed by atoms with Crippen molar-refractivity contribution in [1.82, 2.24) is 4.57 Å². The van der Waals surface area contributed by atoms with Crippen LogP contribution in [0.1, 0.15) is 28.8 Å². The van der Waals surface area contributed by atoms with Crippen molar-refractivity contribution >= 4 is 10.9 Å². The summed E-state index contributed by atoms with van der Waals surface area (Å²) in [6, 6.07) is 17.5. The minimum absolute atomic E-state index is 0.155. The molecule has 0 saturated carbocycles. The highest BCUT2D eigenvalue weighted by Gasteiger charge is 2.48. The fourth-order valence-corrected chi connectivity index (χ4v) is 3.99. The Hall–Kier alpha value is -3.13. The van der Waals surface area contributed by atoms with Crippen molar-refractivity contribution in [3.8, 4) is 6.07 Å². The van der Waals surface area contributed by atoms with E-state index in [0.29, 0.717) is 18.4 Å².